The molecule has 0 spiro atoms. The summed E-state index contributed by atoms with van der Waals surface area (Å²) in [7, 11) is 0. The van der Waals surface area contributed by atoms with Gasteiger partial charge in [0.05, 0.1) is 19.1 Å². The third-order valence-corrected chi connectivity index (χ3v) is 2.83. The number of imidazole rings is 1. The number of amides is 1. The van der Waals surface area contributed by atoms with Crippen molar-refractivity contribution in [2.45, 2.75) is 0 Å². The van der Waals surface area contributed by atoms with Crippen molar-refractivity contribution in [3.05, 3.63) is 48.0 Å². The fourth-order valence-electron chi connectivity index (χ4n) is 1.88. The van der Waals surface area contributed by atoms with Gasteiger partial charge in [-0.2, -0.15) is 0 Å². The van der Waals surface area contributed by atoms with Crippen LogP contribution >= 0.6 is 0 Å². The maximum Gasteiger partial charge on any atom is 0.273 e. The zero-order valence-corrected chi connectivity index (χ0v) is 10.2. The smallest absolute Gasteiger partial charge is 0.273 e. The number of carbonyl (C=O) groups is 1. The van der Waals surface area contributed by atoms with Gasteiger partial charge in [-0.15, -0.1) is 0 Å². The lowest BCUT2D eigenvalue weighted by atomic mass is 10.2. The lowest BCUT2D eigenvalue weighted by Gasteiger charge is -2.06. The number of aromatic amines is 1. The van der Waals surface area contributed by atoms with Crippen LogP contribution in [-0.4, -0.2) is 34.8 Å². The van der Waals surface area contributed by atoms with Crippen molar-refractivity contribution in [3.8, 4) is 0 Å². The molecule has 1 aliphatic heterocycles. The van der Waals surface area contributed by atoms with E-state index in [1.807, 2.05) is 24.3 Å². The Morgan fingerprint density at radius 2 is 2.11 bits per heavy atom. The average Bonchev–Trinajstić information content (AvgIpc) is 3.13. The second kappa shape index (κ2) is 4.93. The van der Waals surface area contributed by atoms with E-state index in [2.05, 4.69) is 25.6 Å². The van der Waals surface area contributed by atoms with E-state index in [9.17, 15) is 4.79 Å². The monoisotopic (exact) mass is 255 g/mol. The predicted molar refractivity (Wildman–Crippen MR) is 72.4 cm³/mol. The first kappa shape index (κ1) is 11.5. The van der Waals surface area contributed by atoms with Crippen LogP contribution in [0.3, 0.4) is 0 Å². The third-order valence-electron chi connectivity index (χ3n) is 2.83. The van der Waals surface area contributed by atoms with E-state index in [1.165, 1.54) is 12.5 Å². The van der Waals surface area contributed by atoms with Crippen LogP contribution < -0.4 is 10.6 Å². The second-order valence-corrected chi connectivity index (χ2v) is 4.15. The van der Waals surface area contributed by atoms with Gasteiger partial charge >= 0.3 is 0 Å². The minimum absolute atomic E-state index is 0.207. The highest BCUT2D eigenvalue weighted by Gasteiger charge is 2.09. The first-order valence-electron chi connectivity index (χ1n) is 6.01. The van der Waals surface area contributed by atoms with Crippen molar-refractivity contribution in [2.24, 2.45) is 4.99 Å². The molecule has 0 saturated heterocycles. The number of amidine groups is 1. The van der Waals surface area contributed by atoms with Gasteiger partial charge in [-0.3, -0.25) is 9.79 Å². The van der Waals surface area contributed by atoms with Gasteiger partial charge in [0.1, 0.15) is 11.5 Å². The molecule has 0 atom stereocenters. The normalized spacial score (nSPS) is 13.8. The molecule has 0 saturated carbocycles. The summed E-state index contributed by atoms with van der Waals surface area (Å²) in [6.45, 7) is 1.70. The molecule has 0 radical (unpaired) electrons. The number of aromatic nitrogens is 2. The number of hydrogen-bond donors (Lipinski definition) is 3. The summed E-state index contributed by atoms with van der Waals surface area (Å²) in [5.41, 5.74) is 2.20. The second-order valence-electron chi connectivity index (χ2n) is 4.15. The zero-order valence-electron chi connectivity index (χ0n) is 10.2. The molecule has 2 aromatic rings. The Balaban J connectivity index is 1.71. The number of anilines is 1. The summed E-state index contributed by atoms with van der Waals surface area (Å²) >= 11 is 0. The van der Waals surface area contributed by atoms with E-state index in [1.54, 1.807) is 0 Å². The molecule has 0 unspecified atom stereocenters. The van der Waals surface area contributed by atoms with Crippen LogP contribution in [0, 0.1) is 0 Å². The highest BCUT2D eigenvalue weighted by Crippen LogP contribution is 2.12. The van der Waals surface area contributed by atoms with Gasteiger partial charge in [0.2, 0.25) is 0 Å². The van der Waals surface area contributed by atoms with Crippen molar-refractivity contribution in [1.29, 1.82) is 0 Å². The number of aliphatic imine (C=N–C) groups is 1. The third kappa shape index (κ3) is 2.47. The molecule has 1 aliphatic rings. The van der Waals surface area contributed by atoms with Crippen molar-refractivity contribution < 1.29 is 4.79 Å². The molecule has 19 heavy (non-hydrogen) atoms. The number of benzene rings is 1. The first-order chi connectivity index (χ1) is 9.33. The van der Waals surface area contributed by atoms with E-state index < -0.39 is 0 Å². The fourth-order valence-corrected chi connectivity index (χ4v) is 1.88. The maximum absolute atomic E-state index is 11.8. The van der Waals surface area contributed by atoms with Crippen molar-refractivity contribution in [1.82, 2.24) is 15.3 Å². The highest BCUT2D eigenvalue weighted by molar-refractivity contribution is 6.03. The van der Waals surface area contributed by atoms with E-state index in [0.29, 0.717) is 5.69 Å². The van der Waals surface area contributed by atoms with Crippen molar-refractivity contribution in [3.63, 3.8) is 0 Å². The van der Waals surface area contributed by atoms with E-state index in [4.69, 9.17) is 0 Å². The Bertz CT molecular complexity index is 600. The quantitative estimate of drug-likeness (QED) is 0.765. The van der Waals surface area contributed by atoms with E-state index >= 15 is 0 Å². The Kier molecular flexibility index (Phi) is 2.97. The summed E-state index contributed by atoms with van der Waals surface area (Å²) in [6.07, 6.45) is 2.96. The molecule has 1 aromatic carbocycles. The Labute approximate surface area is 110 Å². The number of hydrogen-bond acceptors (Lipinski definition) is 4. The Morgan fingerprint density at radius 1 is 1.26 bits per heavy atom. The summed E-state index contributed by atoms with van der Waals surface area (Å²) in [5.74, 6) is 0.702. The molecule has 3 rings (SSSR count). The molecular formula is C13H13N5O. The van der Waals surface area contributed by atoms with Gasteiger partial charge in [-0.1, -0.05) is 0 Å². The molecule has 1 amide bonds. The van der Waals surface area contributed by atoms with Gasteiger partial charge in [0, 0.05) is 17.8 Å². The molecule has 3 N–H and O–H groups in total. The van der Waals surface area contributed by atoms with Gasteiger partial charge in [-0.05, 0) is 24.3 Å². The van der Waals surface area contributed by atoms with Crippen LogP contribution in [-0.2, 0) is 0 Å². The lowest BCUT2D eigenvalue weighted by Crippen LogP contribution is -2.19. The molecule has 6 nitrogen and oxygen atoms in total. The highest BCUT2D eigenvalue weighted by atomic mass is 16.1. The number of H-pyrrole nitrogens is 1. The zero-order chi connectivity index (χ0) is 13.1. The fraction of sp³-hybridized carbons (Fsp3) is 0.154. The minimum Gasteiger partial charge on any atom is -0.368 e. The van der Waals surface area contributed by atoms with Crippen LogP contribution in [0.1, 0.15) is 16.1 Å². The maximum atomic E-state index is 11.8. The summed E-state index contributed by atoms with van der Waals surface area (Å²) in [5, 5.41) is 6.00. The molecule has 1 aromatic heterocycles. The predicted octanol–water partition coefficient (Wildman–Crippen LogP) is 1.01. The van der Waals surface area contributed by atoms with E-state index in [0.717, 1.165) is 30.2 Å². The summed E-state index contributed by atoms with van der Waals surface area (Å²) in [4.78, 5) is 22.7. The van der Waals surface area contributed by atoms with Gasteiger partial charge < -0.3 is 15.6 Å². The number of carbonyl (C=O) groups excluding carboxylic acids is 1. The van der Waals surface area contributed by atoms with Gasteiger partial charge in [0.15, 0.2) is 0 Å². The SMILES string of the molecule is O=C(Nc1ccc(C2=NCCN2)cc1)c1cnc[nH]1. The van der Waals surface area contributed by atoms with Crippen LogP contribution in [0.15, 0.2) is 41.8 Å². The van der Waals surface area contributed by atoms with Crippen LogP contribution in [0.2, 0.25) is 0 Å². The molecule has 0 aliphatic carbocycles. The van der Waals surface area contributed by atoms with Crippen LogP contribution in [0.25, 0.3) is 0 Å². The molecule has 0 fully saturated rings. The van der Waals surface area contributed by atoms with E-state index in [-0.39, 0.29) is 5.91 Å². The topological polar surface area (TPSA) is 82.2 Å². The number of rotatable bonds is 3. The minimum atomic E-state index is -0.207. The number of nitrogens with zero attached hydrogens (tertiary/aromatic N) is 2. The van der Waals surface area contributed by atoms with Crippen molar-refractivity contribution in [2.75, 3.05) is 18.4 Å². The number of nitrogens with one attached hydrogen (secondary N) is 3. The largest absolute Gasteiger partial charge is 0.368 e. The molecule has 6 heteroatoms. The molecule has 2 heterocycles. The molecular weight excluding hydrogens is 242 g/mol. The summed E-state index contributed by atoms with van der Waals surface area (Å²) < 4.78 is 0. The van der Waals surface area contributed by atoms with Gasteiger partial charge in [-0.25, -0.2) is 4.98 Å². The van der Waals surface area contributed by atoms with Crippen molar-refractivity contribution >= 4 is 17.4 Å². The first-order valence-corrected chi connectivity index (χ1v) is 6.01. The standard InChI is InChI=1S/C13H13N5O/c19-13(11-7-14-8-17-11)18-10-3-1-9(2-4-10)12-15-5-6-16-12/h1-4,7-8H,5-6H2,(H,14,17)(H,15,16)(H,18,19). The average molecular weight is 255 g/mol. The molecule has 96 valence electrons. The lowest BCUT2D eigenvalue weighted by molar-refractivity contribution is 0.102. The van der Waals surface area contributed by atoms with Crippen LogP contribution in [0.5, 0.6) is 0 Å². The summed E-state index contributed by atoms with van der Waals surface area (Å²) in [6, 6.07) is 7.57. The molecule has 0 bridgehead atoms. The van der Waals surface area contributed by atoms with Gasteiger partial charge in [0.25, 0.3) is 5.91 Å². The Morgan fingerprint density at radius 3 is 2.74 bits per heavy atom. The van der Waals surface area contributed by atoms with Crippen LogP contribution in [0.4, 0.5) is 5.69 Å². The Hall–Kier alpha value is -2.63.